The van der Waals surface area contributed by atoms with Gasteiger partial charge in [0.15, 0.2) is 0 Å². The Labute approximate surface area is 203 Å². The lowest BCUT2D eigenvalue weighted by Gasteiger charge is -2.29. The fraction of sp³-hybridized carbons (Fsp3) is 0.391. The van der Waals surface area contributed by atoms with Gasteiger partial charge in [0.1, 0.15) is 6.04 Å². The molecule has 0 heterocycles. The van der Waals surface area contributed by atoms with Crippen molar-refractivity contribution in [3.8, 4) is 0 Å². The van der Waals surface area contributed by atoms with Gasteiger partial charge in [0.05, 0.1) is 10.0 Å². The van der Waals surface area contributed by atoms with Gasteiger partial charge in [0, 0.05) is 28.9 Å². The van der Waals surface area contributed by atoms with Crippen LogP contribution in [0.3, 0.4) is 0 Å². The van der Waals surface area contributed by atoms with Gasteiger partial charge in [-0.15, -0.1) is 11.8 Å². The van der Waals surface area contributed by atoms with E-state index in [1.807, 2.05) is 44.2 Å². The number of halogens is 3. The number of hydrogen-bond donors (Lipinski definition) is 1. The molecule has 168 valence electrons. The second-order valence-electron chi connectivity index (χ2n) is 7.52. The van der Waals surface area contributed by atoms with Gasteiger partial charge >= 0.3 is 0 Å². The smallest absolute Gasteiger partial charge is 0.242 e. The maximum atomic E-state index is 13.0. The molecular weight excluding hydrogens is 475 g/mol. The topological polar surface area (TPSA) is 49.4 Å². The third-order valence-corrected chi connectivity index (χ3v) is 6.64. The summed E-state index contributed by atoms with van der Waals surface area (Å²) in [7, 11) is 0. The summed E-state index contributed by atoms with van der Waals surface area (Å²) in [5.41, 5.74) is 0.822. The average molecular weight is 502 g/mol. The molecule has 1 N–H and O–H groups in total. The Hall–Kier alpha value is -1.40. The highest BCUT2D eigenvalue weighted by molar-refractivity contribution is 7.99. The first-order valence-corrected chi connectivity index (χ1v) is 12.2. The van der Waals surface area contributed by atoms with Crippen molar-refractivity contribution in [1.82, 2.24) is 10.2 Å². The van der Waals surface area contributed by atoms with Crippen molar-refractivity contribution in [3.63, 3.8) is 0 Å². The molecule has 31 heavy (non-hydrogen) atoms. The van der Waals surface area contributed by atoms with E-state index in [0.717, 1.165) is 16.2 Å². The van der Waals surface area contributed by atoms with Gasteiger partial charge in [-0.25, -0.2) is 0 Å². The molecule has 2 rings (SSSR count). The third kappa shape index (κ3) is 8.57. The maximum Gasteiger partial charge on any atom is 0.242 e. The van der Waals surface area contributed by atoms with Crippen molar-refractivity contribution in [2.24, 2.45) is 0 Å². The van der Waals surface area contributed by atoms with Crippen LogP contribution < -0.4 is 5.32 Å². The number of nitrogens with zero attached hydrogens (tertiary/aromatic N) is 1. The Kier molecular flexibility index (Phi) is 10.5. The van der Waals surface area contributed by atoms with E-state index >= 15 is 0 Å². The summed E-state index contributed by atoms with van der Waals surface area (Å²) >= 11 is 19.7. The third-order valence-electron chi connectivity index (χ3n) is 4.55. The zero-order chi connectivity index (χ0) is 23.0. The average Bonchev–Trinajstić information content (AvgIpc) is 2.72. The highest BCUT2D eigenvalue weighted by atomic mass is 35.5. The van der Waals surface area contributed by atoms with Gasteiger partial charge in [0.2, 0.25) is 11.8 Å². The Morgan fingerprint density at radius 3 is 2.29 bits per heavy atom. The van der Waals surface area contributed by atoms with Gasteiger partial charge < -0.3 is 10.2 Å². The van der Waals surface area contributed by atoms with E-state index in [-0.39, 0.29) is 24.4 Å². The van der Waals surface area contributed by atoms with Crippen LogP contribution in [-0.4, -0.2) is 34.6 Å². The number of carbonyl (C=O) groups excluding carboxylic acids is 2. The van der Waals surface area contributed by atoms with Crippen LogP contribution >= 0.6 is 46.6 Å². The minimum atomic E-state index is -0.603. The van der Waals surface area contributed by atoms with Crippen molar-refractivity contribution in [3.05, 3.63) is 63.1 Å². The van der Waals surface area contributed by atoms with Crippen LogP contribution in [0.5, 0.6) is 0 Å². The van der Waals surface area contributed by atoms with Crippen LogP contribution in [0.15, 0.2) is 47.4 Å². The molecule has 0 radical (unpaired) electrons. The van der Waals surface area contributed by atoms with Gasteiger partial charge in [-0.1, -0.05) is 40.9 Å². The first-order valence-electron chi connectivity index (χ1n) is 10.1. The van der Waals surface area contributed by atoms with E-state index in [2.05, 4.69) is 5.32 Å². The standard InChI is InChI=1S/C23H27Cl3N2O2S/c1-15(2)27-23(30)16(3)28(14-17-6-11-20(25)21(26)13-17)22(29)5-4-12-31-19-9-7-18(24)8-10-19/h6-11,13,15-16H,4-5,12,14H2,1-3H3,(H,27,30)/t16-/m1/s1. The lowest BCUT2D eigenvalue weighted by Crippen LogP contribution is -2.49. The monoisotopic (exact) mass is 500 g/mol. The molecule has 0 spiro atoms. The molecule has 0 fully saturated rings. The summed E-state index contributed by atoms with van der Waals surface area (Å²) in [6.07, 6.45) is 1.05. The first kappa shape index (κ1) is 25.9. The van der Waals surface area contributed by atoms with Crippen LogP contribution in [-0.2, 0) is 16.1 Å². The lowest BCUT2D eigenvalue weighted by molar-refractivity contribution is -0.140. The molecule has 0 bridgehead atoms. The summed E-state index contributed by atoms with van der Waals surface area (Å²) in [6.45, 7) is 5.82. The molecule has 0 aliphatic heterocycles. The Balaban J connectivity index is 2.02. The predicted molar refractivity (Wildman–Crippen MR) is 131 cm³/mol. The van der Waals surface area contributed by atoms with Crippen LogP contribution in [0.1, 0.15) is 39.2 Å². The first-order chi connectivity index (χ1) is 14.7. The molecule has 0 aliphatic carbocycles. The van der Waals surface area contributed by atoms with Gasteiger partial charge in [-0.05, 0) is 74.9 Å². The second-order valence-corrected chi connectivity index (χ2v) is 9.93. The highest BCUT2D eigenvalue weighted by Gasteiger charge is 2.26. The highest BCUT2D eigenvalue weighted by Crippen LogP contribution is 2.25. The van der Waals surface area contributed by atoms with Crippen molar-refractivity contribution in [1.29, 1.82) is 0 Å². The number of thioether (sulfide) groups is 1. The van der Waals surface area contributed by atoms with Crippen molar-refractivity contribution >= 4 is 58.4 Å². The van der Waals surface area contributed by atoms with E-state index in [0.29, 0.717) is 27.9 Å². The van der Waals surface area contributed by atoms with Crippen molar-refractivity contribution < 1.29 is 9.59 Å². The van der Waals surface area contributed by atoms with E-state index in [1.165, 1.54) is 0 Å². The summed E-state index contributed by atoms with van der Waals surface area (Å²) in [4.78, 5) is 28.3. The molecule has 2 aromatic carbocycles. The minimum absolute atomic E-state index is 0.00680. The molecule has 2 amide bonds. The van der Waals surface area contributed by atoms with Gasteiger partial charge in [-0.3, -0.25) is 9.59 Å². The van der Waals surface area contributed by atoms with E-state index < -0.39 is 6.04 Å². The zero-order valence-electron chi connectivity index (χ0n) is 17.8. The summed E-state index contributed by atoms with van der Waals surface area (Å²) in [5.74, 6) is 0.536. The predicted octanol–water partition coefficient (Wildman–Crippen LogP) is 6.46. The Bertz CT molecular complexity index is 891. The second kappa shape index (κ2) is 12.6. The van der Waals surface area contributed by atoms with Crippen LogP contribution in [0, 0.1) is 0 Å². The summed E-state index contributed by atoms with van der Waals surface area (Å²) in [6, 6.07) is 12.3. The molecular formula is C23H27Cl3N2O2S. The molecule has 0 saturated carbocycles. The molecule has 2 aromatic rings. The SMILES string of the molecule is CC(C)NC(=O)[C@@H](C)N(Cc1ccc(Cl)c(Cl)c1)C(=O)CCCSc1ccc(Cl)cc1. The lowest BCUT2D eigenvalue weighted by atomic mass is 10.1. The minimum Gasteiger partial charge on any atom is -0.352 e. The van der Waals surface area contributed by atoms with E-state index in [1.54, 1.807) is 35.7 Å². The fourth-order valence-electron chi connectivity index (χ4n) is 2.91. The number of carbonyl (C=O) groups is 2. The molecule has 1 atom stereocenters. The Morgan fingerprint density at radius 1 is 1.00 bits per heavy atom. The van der Waals surface area contributed by atoms with Crippen LogP contribution in [0.4, 0.5) is 0 Å². The number of amides is 2. The van der Waals surface area contributed by atoms with Crippen molar-refractivity contribution in [2.45, 2.75) is 57.1 Å². The molecule has 0 unspecified atom stereocenters. The zero-order valence-corrected chi connectivity index (χ0v) is 20.9. The quantitative estimate of drug-likeness (QED) is 0.300. The van der Waals surface area contributed by atoms with Gasteiger partial charge in [-0.2, -0.15) is 0 Å². The van der Waals surface area contributed by atoms with E-state index in [9.17, 15) is 9.59 Å². The maximum absolute atomic E-state index is 13.0. The molecule has 0 aromatic heterocycles. The molecule has 0 saturated heterocycles. The van der Waals surface area contributed by atoms with Crippen molar-refractivity contribution in [2.75, 3.05) is 5.75 Å². The number of nitrogens with one attached hydrogen (secondary N) is 1. The fourth-order valence-corrected chi connectivity index (χ4v) is 4.21. The van der Waals surface area contributed by atoms with Crippen LogP contribution in [0.2, 0.25) is 15.1 Å². The normalized spacial score (nSPS) is 12.0. The molecule has 0 aliphatic rings. The number of hydrogen-bond acceptors (Lipinski definition) is 3. The number of rotatable bonds is 10. The van der Waals surface area contributed by atoms with Crippen LogP contribution in [0.25, 0.3) is 0 Å². The largest absolute Gasteiger partial charge is 0.352 e. The molecule has 8 heteroatoms. The van der Waals surface area contributed by atoms with E-state index in [4.69, 9.17) is 34.8 Å². The number of benzene rings is 2. The van der Waals surface area contributed by atoms with Gasteiger partial charge in [0.25, 0.3) is 0 Å². The Morgan fingerprint density at radius 2 is 1.68 bits per heavy atom. The molecule has 4 nitrogen and oxygen atoms in total. The summed E-state index contributed by atoms with van der Waals surface area (Å²) < 4.78 is 0. The summed E-state index contributed by atoms with van der Waals surface area (Å²) in [5, 5.41) is 4.46.